The Hall–Kier alpha value is -2.94. The van der Waals surface area contributed by atoms with Crippen molar-refractivity contribution < 1.29 is 4.79 Å². The molecule has 0 radical (unpaired) electrons. The summed E-state index contributed by atoms with van der Waals surface area (Å²) in [5, 5.41) is 14.8. The van der Waals surface area contributed by atoms with E-state index in [4.69, 9.17) is 5.26 Å². The van der Waals surface area contributed by atoms with Crippen LogP contribution in [-0.4, -0.2) is 22.4 Å². The average Bonchev–Trinajstić information content (AvgIpc) is 2.55. The minimum Gasteiger partial charge on any atom is -0.370 e. The molecule has 0 unspecified atom stereocenters. The van der Waals surface area contributed by atoms with Crippen molar-refractivity contribution in [2.24, 2.45) is 0 Å². The first-order valence-corrected chi connectivity index (χ1v) is 7.53. The molecule has 0 aliphatic rings. The third-order valence-electron chi connectivity index (χ3n) is 3.16. The van der Waals surface area contributed by atoms with Crippen molar-refractivity contribution in [2.75, 3.05) is 17.2 Å². The van der Waals surface area contributed by atoms with Crippen molar-refractivity contribution in [3.63, 3.8) is 0 Å². The van der Waals surface area contributed by atoms with Gasteiger partial charge in [-0.15, -0.1) is 0 Å². The molecule has 23 heavy (non-hydrogen) atoms. The van der Waals surface area contributed by atoms with Gasteiger partial charge in [0.15, 0.2) is 0 Å². The van der Waals surface area contributed by atoms with Crippen LogP contribution in [0, 0.1) is 18.3 Å². The molecule has 118 valence electrons. The quantitative estimate of drug-likeness (QED) is 0.800. The standard InChI is InChI=1S/C17H19N5O/c1-3-4-8-19-16-10-15(20-12(2)21-16)17(23)22-14-7-5-6-13(9-14)11-18/h5-7,9-10H,3-4,8H2,1-2H3,(H,22,23)(H,19,20,21). The highest BCUT2D eigenvalue weighted by Crippen LogP contribution is 2.13. The lowest BCUT2D eigenvalue weighted by Crippen LogP contribution is -2.16. The average molecular weight is 309 g/mol. The van der Waals surface area contributed by atoms with Gasteiger partial charge in [-0.1, -0.05) is 19.4 Å². The number of unbranched alkanes of at least 4 members (excludes halogenated alkanes) is 1. The topological polar surface area (TPSA) is 90.7 Å². The molecular weight excluding hydrogens is 290 g/mol. The van der Waals surface area contributed by atoms with Crippen molar-refractivity contribution in [2.45, 2.75) is 26.7 Å². The first kappa shape index (κ1) is 16.4. The predicted molar refractivity (Wildman–Crippen MR) is 89.3 cm³/mol. The molecule has 0 aliphatic carbocycles. The number of hydrogen-bond acceptors (Lipinski definition) is 5. The van der Waals surface area contributed by atoms with Crippen LogP contribution in [0.3, 0.4) is 0 Å². The van der Waals surface area contributed by atoms with Crippen LogP contribution in [0.15, 0.2) is 30.3 Å². The normalized spacial score (nSPS) is 9.96. The highest BCUT2D eigenvalue weighted by atomic mass is 16.1. The molecule has 2 N–H and O–H groups in total. The number of rotatable bonds is 6. The molecule has 6 heteroatoms. The Kier molecular flexibility index (Phi) is 5.64. The van der Waals surface area contributed by atoms with Gasteiger partial charge in [-0.2, -0.15) is 5.26 Å². The number of nitriles is 1. The van der Waals surface area contributed by atoms with Crippen LogP contribution in [-0.2, 0) is 0 Å². The van der Waals surface area contributed by atoms with Crippen molar-refractivity contribution in [3.8, 4) is 6.07 Å². The first-order chi connectivity index (χ1) is 11.1. The van der Waals surface area contributed by atoms with E-state index in [9.17, 15) is 4.79 Å². The van der Waals surface area contributed by atoms with E-state index in [1.54, 1.807) is 37.3 Å². The summed E-state index contributed by atoms with van der Waals surface area (Å²) in [6.07, 6.45) is 2.12. The Balaban J connectivity index is 2.13. The Bertz CT molecular complexity index is 736. The van der Waals surface area contributed by atoms with E-state index in [0.717, 1.165) is 19.4 Å². The summed E-state index contributed by atoms with van der Waals surface area (Å²) in [7, 11) is 0. The van der Waals surface area contributed by atoms with Gasteiger partial charge >= 0.3 is 0 Å². The van der Waals surface area contributed by atoms with E-state index in [1.807, 2.05) is 6.07 Å². The second-order valence-corrected chi connectivity index (χ2v) is 5.11. The monoisotopic (exact) mass is 309 g/mol. The minimum atomic E-state index is -0.330. The lowest BCUT2D eigenvalue weighted by molar-refractivity contribution is 0.102. The number of aryl methyl sites for hydroxylation is 1. The highest BCUT2D eigenvalue weighted by Gasteiger charge is 2.11. The second kappa shape index (κ2) is 7.90. The van der Waals surface area contributed by atoms with Crippen LogP contribution in [0.5, 0.6) is 0 Å². The number of nitrogens with zero attached hydrogens (tertiary/aromatic N) is 3. The molecule has 1 aromatic carbocycles. The van der Waals surface area contributed by atoms with Crippen LogP contribution in [0.25, 0.3) is 0 Å². The fourth-order valence-corrected chi connectivity index (χ4v) is 2.03. The molecule has 2 rings (SSSR count). The van der Waals surface area contributed by atoms with E-state index in [2.05, 4.69) is 27.5 Å². The van der Waals surface area contributed by atoms with Gasteiger partial charge in [-0.25, -0.2) is 9.97 Å². The molecule has 0 atom stereocenters. The van der Waals surface area contributed by atoms with Crippen LogP contribution < -0.4 is 10.6 Å². The van der Waals surface area contributed by atoms with Gasteiger partial charge in [0.2, 0.25) is 0 Å². The van der Waals surface area contributed by atoms with Crippen molar-refractivity contribution in [3.05, 3.63) is 47.4 Å². The molecular formula is C17H19N5O. The largest absolute Gasteiger partial charge is 0.370 e. The predicted octanol–water partition coefficient (Wildman–Crippen LogP) is 3.12. The Morgan fingerprint density at radius 2 is 2.13 bits per heavy atom. The summed E-state index contributed by atoms with van der Waals surface area (Å²) in [6, 6.07) is 10.4. The first-order valence-electron chi connectivity index (χ1n) is 7.53. The number of benzene rings is 1. The number of aromatic nitrogens is 2. The highest BCUT2D eigenvalue weighted by molar-refractivity contribution is 6.03. The number of anilines is 2. The maximum atomic E-state index is 12.3. The summed E-state index contributed by atoms with van der Waals surface area (Å²) >= 11 is 0. The number of carbonyl (C=O) groups excluding carboxylic acids is 1. The molecule has 6 nitrogen and oxygen atoms in total. The van der Waals surface area contributed by atoms with Gasteiger partial charge in [0.25, 0.3) is 5.91 Å². The lowest BCUT2D eigenvalue weighted by Gasteiger charge is -2.09. The molecule has 1 heterocycles. The summed E-state index contributed by atoms with van der Waals surface area (Å²) in [5.41, 5.74) is 1.34. The summed E-state index contributed by atoms with van der Waals surface area (Å²) in [4.78, 5) is 20.8. The minimum absolute atomic E-state index is 0.291. The maximum absolute atomic E-state index is 12.3. The maximum Gasteiger partial charge on any atom is 0.274 e. The van der Waals surface area contributed by atoms with Crippen molar-refractivity contribution in [1.82, 2.24) is 9.97 Å². The van der Waals surface area contributed by atoms with Crippen LogP contribution in [0.4, 0.5) is 11.5 Å². The summed E-state index contributed by atoms with van der Waals surface area (Å²) < 4.78 is 0. The van der Waals surface area contributed by atoms with Gasteiger partial charge in [0, 0.05) is 18.3 Å². The van der Waals surface area contributed by atoms with Crippen LogP contribution >= 0.6 is 0 Å². The molecule has 0 saturated carbocycles. The lowest BCUT2D eigenvalue weighted by atomic mass is 10.2. The number of nitrogens with one attached hydrogen (secondary N) is 2. The van der Waals surface area contributed by atoms with E-state index >= 15 is 0 Å². The molecule has 0 saturated heterocycles. The third-order valence-corrected chi connectivity index (χ3v) is 3.16. The van der Waals surface area contributed by atoms with Gasteiger partial charge in [0.05, 0.1) is 11.6 Å². The van der Waals surface area contributed by atoms with Gasteiger partial charge in [-0.05, 0) is 31.5 Å². The van der Waals surface area contributed by atoms with E-state index in [-0.39, 0.29) is 5.91 Å². The number of hydrogen-bond donors (Lipinski definition) is 2. The van der Waals surface area contributed by atoms with Crippen molar-refractivity contribution >= 4 is 17.4 Å². The molecule has 1 aromatic heterocycles. The van der Waals surface area contributed by atoms with Crippen LogP contribution in [0.1, 0.15) is 41.6 Å². The number of carbonyl (C=O) groups is 1. The van der Waals surface area contributed by atoms with E-state index < -0.39 is 0 Å². The molecule has 1 amide bonds. The Labute approximate surface area is 135 Å². The molecule has 0 fully saturated rings. The Morgan fingerprint density at radius 3 is 2.87 bits per heavy atom. The Morgan fingerprint density at radius 1 is 1.30 bits per heavy atom. The SMILES string of the molecule is CCCCNc1cc(C(=O)Nc2cccc(C#N)c2)nc(C)n1. The summed E-state index contributed by atoms with van der Waals surface area (Å²) in [6.45, 7) is 4.66. The molecule has 0 bridgehead atoms. The molecule has 0 aliphatic heterocycles. The molecule has 2 aromatic rings. The van der Waals surface area contributed by atoms with Crippen LogP contribution in [0.2, 0.25) is 0 Å². The van der Waals surface area contributed by atoms with Crippen molar-refractivity contribution in [1.29, 1.82) is 5.26 Å². The van der Waals surface area contributed by atoms with E-state index in [1.165, 1.54) is 0 Å². The van der Waals surface area contributed by atoms with Gasteiger partial charge in [0.1, 0.15) is 17.3 Å². The fraction of sp³-hybridized carbons (Fsp3) is 0.294. The second-order valence-electron chi connectivity index (χ2n) is 5.11. The smallest absolute Gasteiger partial charge is 0.274 e. The van der Waals surface area contributed by atoms with E-state index in [0.29, 0.717) is 28.6 Å². The zero-order valence-electron chi connectivity index (χ0n) is 13.3. The van der Waals surface area contributed by atoms with Gasteiger partial charge in [-0.3, -0.25) is 4.79 Å². The fourth-order valence-electron chi connectivity index (χ4n) is 2.03. The zero-order chi connectivity index (χ0) is 16.7. The zero-order valence-corrected chi connectivity index (χ0v) is 13.3. The van der Waals surface area contributed by atoms with Gasteiger partial charge < -0.3 is 10.6 Å². The third kappa shape index (κ3) is 4.78. The molecule has 0 spiro atoms. The number of amides is 1. The summed E-state index contributed by atoms with van der Waals surface area (Å²) in [5.74, 6) is 0.841.